The van der Waals surface area contributed by atoms with Crippen LogP contribution in [0.3, 0.4) is 0 Å². The molecule has 1 rings (SSSR count). The minimum atomic E-state index is -0.979. The van der Waals surface area contributed by atoms with Crippen molar-refractivity contribution in [1.82, 2.24) is 0 Å². The van der Waals surface area contributed by atoms with E-state index in [-0.39, 0.29) is 4.88 Å². The van der Waals surface area contributed by atoms with Crippen LogP contribution >= 0.6 is 22.9 Å². The zero-order valence-electron chi connectivity index (χ0n) is 6.33. The predicted octanol–water partition coefficient (Wildman–Crippen LogP) is 2.50. The lowest BCUT2D eigenvalue weighted by molar-refractivity contribution is 0.0702. The number of hydrogen-bond donors (Lipinski definition) is 1. The summed E-state index contributed by atoms with van der Waals surface area (Å²) >= 11 is 6.70. The van der Waals surface area contributed by atoms with Gasteiger partial charge in [-0.15, -0.1) is 11.3 Å². The molecular weight excluding hydrogens is 200 g/mol. The summed E-state index contributed by atoms with van der Waals surface area (Å²) in [6.45, 7) is 2.30. The van der Waals surface area contributed by atoms with Crippen molar-refractivity contribution in [3.05, 3.63) is 15.3 Å². The van der Waals surface area contributed by atoms with Crippen molar-refractivity contribution in [2.75, 3.05) is 6.61 Å². The fourth-order valence-corrected chi connectivity index (χ4v) is 1.73. The number of carbonyl (C=O) groups is 1. The minimum Gasteiger partial charge on any atom is -0.491 e. The minimum absolute atomic E-state index is 0.198. The van der Waals surface area contributed by atoms with E-state index in [0.717, 1.165) is 11.3 Å². The Labute approximate surface area is 78.5 Å². The summed E-state index contributed by atoms with van der Waals surface area (Å²) in [4.78, 5) is 10.7. The summed E-state index contributed by atoms with van der Waals surface area (Å²) in [6, 6.07) is 1.43. The largest absolute Gasteiger partial charge is 0.491 e. The van der Waals surface area contributed by atoms with Gasteiger partial charge < -0.3 is 9.84 Å². The quantitative estimate of drug-likeness (QED) is 0.827. The molecule has 0 aliphatic rings. The molecule has 1 heterocycles. The Bertz CT molecular complexity index is 295. The summed E-state index contributed by atoms with van der Waals surface area (Å²) in [5.41, 5.74) is 0. The van der Waals surface area contributed by atoms with E-state index in [1.54, 1.807) is 0 Å². The number of ether oxygens (including phenoxy) is 1. The van der Waals surface area contributed by atoms with E-state index in [9.17, 15) is 4.79 Å². The molecule has 0 radical (unpaired) electrons. The topological polar surface area (TPSA) is 46.5 Å². The Morgan fingerprint density at radius 2 is 2.50 bits per heavy atom. The third-order valence-electron chi connectivity index (χ3n) is 1.17. The first-order valence-corrected chi connectivity index (χ1v) is 4.50. The van der Waals surface area contributed by atoms with E-state index >= 15 is 0 Å². The summed E-state index contributed by atoms with van der Waals surface area (Å²) in [5, 5.41) is 8.59. The lowest BCUT2D eigenvalue weighted by Crippen LogP contribution is -1.92. The number of carboxylic acids is 1. The van der Waals surface area contributed by atoms with Crippen molar-refractivity contribution >= 4 is 28.9 Å². The smallest absolute Gasteiger partial charge is 0.346 e. The highest BCUT2D eigenvalue weighted by Gasteiger charge is 2.12. The van der Waals surface area contributed by atoms with Gasteiger partial charge >= 0.3 is 5.97 Å². The average Bonchev–Trinajstić information content (AvgIpc) is 2.34. The van der Waals surface area contributed by atoms with Crippen LogP contribution in [0.15, 0.2) is 6.07 Å². The van der Waals surface area contributed by atoms with Crippen LogP contribution in [-0.4, -0.2) is 17.7 Å². The second-order valence-electron chi connectivity index (χ2n) is 1.99. The molecule has 3 nitrogen and oxygen atoms in total. The van der Waals surface area contributed by atoms with Gasteiger partial charge in [0.25, 0.3) is 0 Å². The summed E-state index contributed by atoms with van der Waals surface area (Å²) in [5.74, 6) is -0.533. The summed E-state index contributed by atoms with van der Waals surface area (Å²) in [7, 11) is 0. The zero-order chi connectivity index (χ0) is 9.14. The van der Waals surface area contributed by atoms with Crippen LogP contribution < -0.4 is 4.74 Å². The SMILES string of the molecule is CCOc1cc(C(=O)O)sc1Cl. The molecule has 1 aromatic rings. The molecule has 12 heavy (non-hydrogen) atoms. The maximum atomic E-state index is 10.5. The number of carboxylic acid groups (broad SMARTS) is 1. The third-order valence-corrected chi connectivity index (χ3v) is 2.48. The van der Waals surface area contributed by atoms with Crippen LogP contribution in [0, 0.1) is 0 Å². The Morgan fingerprint density at radius 3 is 2.92 bits per heavy atom. The molecule has 0 aromatic carbocycles. The van der Waals surface area contributed by atoms with Crippen LogP contribution in [0.4, 0.5) is 0 Å². The summed E-state index contributed by atoms with van der Waals surface area (Å²) < 4.78 is 5.47. The summed E-state index contributed by atoms with van der Waals surface area (Å²) in [6.07, 6.45) is 0. The number of aromatic carboxylic acids is 1. The van der Waals surface area contributed by atoms with E-state index < -0.39 is 5.97 Å². The normalized spacial score (nSPS) is 9.83. The lowest BCUT2D eigenvalue weighted by atomic mass is 10.4. The van der Waals surface area contributed by atoms with Gasteiger partial charge in [0.15, 0.2) is 0 Å². The monoisotopic (exact) mass is 206 g/mol. The highest BCUT2D eigenvalue weighted by atomic mass is 35.5. The molecule has 0 spiro atoms. The Hall–Kier alpha value is -0.740. The van der Waals surface area contributed by atoms with E-state index in [4.69, 9.17) is 21.4 Å². The molecule has 0 aliphatic carbocycles. The highest BCUT2D eigenvalue weighted by Crippen LogP contribution is 2.33. The van der Waals surface area contributed by atoms with E-state index in [0.29, 0.717) is 16.7 Å². The molecule has 0 bridgehead atoms. The average molecular weight is 207 g/mol. The lowest BCUT2D eigenvalue weighted by Gasteiger charge is -1.97. The van der Waals surface area contributed by atoms with Crippen molar-refractivity contribution in [2.45, 2.75) is 6.92 Å². The van der Waals surface area contributed by atoms with Gasteiger partial charge in [0.1, 0.15) is 15.0 Å². The number of rotatable bonds is 3. The first-order valence-electron chi connectivity index (χ1n) is 3.30. The van der Waals surface area contributed by atoms with E-state index in [2.05, 4.69) is 0 Å². The Morgan fingerprint density at radius 1 is 1.83 bits per heavy atom. The van der Waals surface area contributed by atoms with Crippen LogP contribution in [0.5, 0.6) is 5.75 Å². The molecule has 0 saturated carbocycles. The van der Waals surface area contributed by atoms with Gasteiger partial charge in [-0.2, -0.15) is 0 Å². The molecule has 66 valence electrons. The molecular formula is C7H7ClO3S. The van der Waals surface area contributed by atoms with Gasteiger partial charge in [-0.25, -0.2) is 4.79 Å². The zero-order valence-corrected chi connectivity index (χ0v) is 7.91. The van der Waals surface area contributed by atoms with Crippen LogP contribution in [0.25, 0.3) is 0 Å². The van der Waals surface area contributed by atoms with E-state index in [1.807, 2.05) is 6.92 Å². The first-order chi connectivity index (χ1) is 5.65. The van der Waals surface area contributed by atoms with Gasteiger partial charge in [-0.05, 0) is 6.92 Å². The second-order valence-corrected chi connectivity index (χ2v) is 3.64. The molecule has 0 aliphatic heterocycles. The molecule has 0 saturated heterocycles. The number of hydrogen-bond acceptors (Lipinski definition) is 3. The van der Waals surface area contributed by atoms with Gasteiger partial charge in [0.2, 0.25) is 0 Å². The number of halogens is 1. The van der Waals surface area contributed by atoms with Crippen molar-refractivity contribution in [3.8, 4) is 5.75 Å². The van der Waals surface area contributed by atoms with Gasteiger partial charge in [0, 0.05) is 6.07 Å². The standard InChI is InChI=1S/C7H7ClO3S/c1-2-11-4-3-5(7(9)10)12-6(4)8/h3H,2H2,1H3,(H,9,10). The van der Waals surface area contributed by atoms with Gasteiger partial charge in [-0.1, -0.05) is 11.6 Å². The predicted molar refractivity (Wildman–Crippen MR) is 47.5 cm³/mol. The highest BCUT2D eigenvalue weighted by molar-refractivity contribution is 7.18. The Balaban J connectivity index is 2.92. The molecule has 1 N–H and O–H groups in total. The molecule has 0 atom stereocenters. The van der Waals surface area contributed by atoms with Crippen LogP contribution in [0.1, 0.15) is 16.6 Å². The fraction of sp³-hybridized carbons (Fsp3) is 0.286. The molecule has 0 amide bonds. The van der Waals surface area contributed by atoms with Crippen LogP contribution in [-0.2, 0) is 0 Å². The van der Waals surface area contributed by atoms with Crippen molar-refractivity contribution in [3.63, 3.8) is 0 Å². The van der Waals surface area contributed by atoms with E-state index in [1.165, 1.54) is 6.07 Å². The van der Waals surface area contributed by atoms with Crippen molar-refractivity contribution in [2.24, 2.45) is 0 Å². The molecule has 0 fully saturated rings. The van der Waals surface area contributed by atoms with Crippen LogP contribution in [0.2, 0.25) is 4.34 Å². The Kier molecular flexibility index (Phi) is 2.94. The maximum absolute atomic E-state index is 10.5. The second kappa shape index (κ2) is 3.78. The van der Waals surface area contributed by atoms with Gasteiger partial charge in [0.05, 0.1) is 6.61 Å². The van der Waals surface area contributed by atoms with Crippen molar-refractivity contribution < 1.29 is 14.6 Å². The first kappa shape index (κ1) is 9.35. The third kappa shape index (κ3) is 1.89. The molecule has 5 heteroatoms. The molecule has 0 unspecified atom stereocenters. The maximum Gasteiger partial charge on any atom is 0.346 e. The fourth-order valence-electron chi connectivity index (χ4n) is 0.711. The van der Waals surface area contributed by atoms with Gasteiger partial charge in [-0.3, -0.25) is 0 Å². The molecule has 1 aromatic heterocycles. The van der Waals surface area contributed by atoms with Crippen molar-refractivity contribution in [1.29, 1.82) is 0 Å². The number of thiophene rings is 1.